The minimum atomic E-state index is -0.790. The molecule has 0 aliphatic heterocycles. The highest BCUT2D eigenvalue weighted by Crippen LogP contribution is 2.30. The molecule has 0 unspecified atom stereocenters. The average molecular weight is 338 g/mol. The molecule has 1 aromatic carbocycles. The highest BCUT2D eigenvalue weighted by molar-refractivity contribution is 5.66. The molecule has 6 nitrogen and oxygen atoms in total. The molecule has 4 atom stereocenters. The van der Waals surface area contributed by atoms with Gasteiger partial charge in [0.2, 0.25) is 0 Å². The van der Waals surface area contributed by atoms with Crippen molar-refractivity contribution in [2.24, 2.45) is 5.92 Å². The van der Waals surface area contributed by atoms with Crippen LogP contribution in [0.2, 0.25) is 0 Å². The Hall–Kier alpha value is -2.44. The Kier molecular flexibility index (Phi) is 3.94. The molecule has 1 aliphatic carbocycles. The molecule has 0 bridgehead atoms. The summed E-state index contributed by atoms with van der Waals surface area (Å²) >= 11 is 0. The molecular formula is C19H22N4O2. The van der Waals surface area contributed by atoms with Crippen molar-refractivity contribution in [2.75, 3.05) is 5.32 Å². The van der Waals surface area contributed by atoms with E-state index < -0.39 is 12.2 Å². The summed E-state index contributed by atoms with van der Waals surface area (Å²) in [4.78, 5) is 4.46. The summed E-state index contributed by atoms with van der Waals surface area (Å²) < 4.78 is 1.78. The second-order valence-electron chi connectivity index (χ2n) is 6.90. The second kappa shape index (κ2) is 6.13. The first-order chi connectivity index (χ1) is 12.0. The van der Waals surface area contributed by atoms with Crippen LogP contribution in [0.3, 0.4) is 0 Å². The SMILES string of the molecule is Cc1cnc2cc(-c3ccccc3)nn2c1N[C@@H]1C[C@@H](C)[C@@H](O)[C@H]1O. The maximum atomic E-state index is 10.3. The molecule has 6 heteroatoms. The molecule has 1 fully saturated rings. The number of rotatable bonds is 3. The molecule has 3 aromatic rings. The van der Waals surface area contributed by atoms with Gasteiger partial charge in [-0.3, -0.25) is 0 Å². The zero-order chi connectivity index (χ0) is 17.6. The average Bonchev–Trinajstić information content (AvgIpc) is 3.16. The van der Waals surface area contributed by atoms with Gasteiger partial charge in [0.05, 0.1) is 17.8 Å². The van der Waals surface area contributed by atoms with Crippen LogP contribution in [0.5, 0.6) is 0 Å². The van der Waals surface area contributed by atoms with Gasteiger partial charge in [0, 0.05) is 23.4 Å². The first-order valence-electron chi connectivity index (χ1n) is 8.58. The van der Waals surface area contributed by atoms with Crippen molar-refractivity contribution in [1.82, 2.24) is 14.6 Å². The number of nitrogens with zero attached hydrogens (tertiary/aromatic N) is 3. The zero-order valence-electron chi connectivity index (χ0n) is 14.3. The summed E-state index contributed by atoms with van der Waals surface area (Å²) in [5, 5.41) is 28.4. The van der Waals surface area contributed by atoms with Gasteiger partial charge in [-0.15, -0.1) is 0 Å². The molecule has 0 spiro atoms. The van der Waals surface area contributed by atoms with Gasteiger partial charge < -0.3 is 15.5 Å². The Morgan fingerprint density at radius 3 is 2.60 bits per heavy atom. The predicted molar refractivity (Wildman–Crippen MR) is 96.4 cm³/mol. The lowest BCUT2D eigenvalue weighted by atomic mass is 10.1. The minimum absolute atomic E-state index is 0.0580. The number of benzene rings is 1. The zero-order valence-corrected chi connectivity index (χ0v) is 14.3. The third-order valence-corrected chi connectivity index (χ3v) is 5.03. The fraction of sp³-hybridized carbons (Fsp3) is 0.368. The van der Waals surface area contributed by atoms with Gasteiger partial charge >= 0.3 is 0 Å². The number of aromatic nitrogens is 3. The lowest BCUT2D eigenvalue weighted by molar-refractivity contribution is 0.0210. The molecule has 0 saturated heterocycles. The highest BCUT2D eigenvalue weighted by Gasteiger charge is 2.39. The number of anilines is 1. The fourth-order valence-electron chi connectivity index (χ4n) is 3.52. The molecule has 2 aromatic heterocycles. The normalized spacial score (nSPS) is 26.2. The first kappa shape index (κ1) is 16.1. The second-order valence-corrected chi connectivity index (χ2v) is 6.90. The van der Waals surface area contributed by atoms with E-state index in [1.165, 1.54) is 0 Å². The summed E-state index contributed by atoms with van der Waals surface area (Å²) in [7, 11) is 0. The van der Waals surface area contributed by atoms with Crippen LogP contribution in [0.25, 0.3) is 16.9 Å². The topological polar surface area (TPSA) is 82.7 Å². The standard InChI is InChI=1S/C19H22N4O2/c1-11-8-15(18(25)17(11)24)21-19-12(2)10-20-16-9-14(22-23(16)19)13-6-4-3-5-7-13/h3-7,9-11,15,17-18,21,24-25H,8H2,1-2H3/t11-,15-,17-,18+/m1/s1. The highest BCUT2D eigenvalue weighted by atomic mass is 16.3. The van der Waals surface area contributed by atoms with Gasteiger partial charge in [0.25, 0.3) is 0 Å². The van der Waals surface area contributed by atoms with Crippen molar-refractivity contribution in [3.63, 3.8) is 0 Å². The minimum Gasteiger partial charge on any atom is -0.390 e. The molecule has 2 heterocycles. The number of hydrogen-bond donors (Lipinski definition) is 3. The molecular weight excluding hydrogens is 316 g/mol. The predicted octanol–water partition coefficient (Wildman–Crippen LogP) is 2.25. The Bertz CT molecular complexity index is 893. The van der Waals surface area contributed by atoms with E-state index in [-0.39, 0.29) is 12.0 Å². The first-order valence-corrected chi connectivity index (χ1v) is 8.58. The van der Waals surface area contributed by atoms with Crippen molar-refractivity contribution in [1.29, 1.82) is 0 Å². The molecule has 4 rings (SSSR count). The van der Waals surface area contributed by atoms with Gasteiger partial charge in [-0.25, -0.2) is 4.98 Å². The van der Waals surface area contributed by atoms with Crippen molar-refractivity contribution < 1.29 is 10.2 Å². The van der Waals surface area contributed by atoms with Gasteiger partial charge in [0.15, 0.2) is 5.65 Å². The Balaban J connectivity index is 1.73. The maximum absolute atomic E-state index is 10.3. The number of aliphatic hydroxyl groups is 2. The largest absolute Gasteiger partial charge is 0.390 e. The van der Waals surface area contributed by atoms with Crippen LogP contribution in [-0.2, 0) is 0 Å². The third kappa shape index (κ3) is 2.77. The Morgan fingerprint density at radius 2 is 1.92 bits per heavy atom. The number of hydrogen-bond acceptors (Lipinski definition) is 5. The van der Waals surface area contributed by atoms with Crippen LogP contribution in [0.1, 0.15) is 18.9 Å². The number of fused-ring (bicyclic) bond motifs is 1. The van der Waals surface area contributed by atoms with Gasteiger partial charge in [-0.2, -0.15) is 9.61 Å². The summed E-state index contributed by atoms with van der Waals surface area (Å²) in [6, 6.07) is 11.7. The van der Waals surface area contributed by atoms with E-state index in [1.54, 1.807) is 10.7 Å². The molecule has 3 N–H and O–H groups in total. The van der Waals surface area contributed by atoms with Crippen molar-refractivity contribution in [2.45, 2.75) is 38.5 Å². The van der Waals surface area contributed by atoms with E-state index in [0.717, 1.165) is 28.3 Å². The van der Waals surface area contributed by atoms with Gasteiger partial charge in [-0.05, 0) is 19.3 Å². The van der Waals surface area contributed by atoms with Crippen LogP contribution >= 0.6 is 0 Å². The summed E-state index contributed by atoms with van der Waals surface area (Å²) in [5.74, 6) is 0.861. The van der Waals surface area contributed by atoms with E-state index >= 15 is 0 Å². The monoisotopic (exact) mass is 338 g/mol. The summed E-state index contributed by atoms with van der Waals surface area (Å²) in [6.07, 6.45) is 1.02. The van der Waals surface area contributed by atoms with Crippen LogP contribution in [0, 0.1) is 12.8 Å². The Labute approximate surface area is 146 Å². The van der Waals surface area contributed by atoms with E-state index in [4.69, 9.17) is 5.10 Å². The summed E-state index contributed by atoms with van der Waals surface area (Å²) in [6.45, 7) is 3.91. The molecule has 0 amide bonds. The lowest BCUT2D eigenvalue weighted by Crippen LogP contribution is -2.35. The maximum Gasteiger partial charge on any atom is 0.157 e. The quantitative estimate of drug-likeness (QED) is 0.682. The number of aliphatic hydroxyl groups excluding tert-OH is 2. The molecule has 130 valence electrons. The third-order valence-electron chi connectivity index (χ3n) is 5.03. The molecule has 0 radical (unpaired) electrons. The molecule has 1 saturated carbocycles. The van der Waals surface area contributed by atoms with Crippen molar-refractivity contribution in [3.8, 4) is 11.3 Å². The van der Waals surface area contributed by atoms with Crippen LogP contribution in [0.4, 0.5) is 5.82 Å². The van der Waals surface area contributed by atoms with Crippen LogP contribution < -0.4 is 5.32 Å². The number of nitrogens with one attached hydrogen (secondary N) is 1. The van der Waals surface area contributed by atoms with E-state index in [9.17, 15) is 10.2 Å². The number of aryl methyl sites for hydroxylation is 1. The van der Waals surface area contributed by atoms with Gasteiger partial charge in [0.1, 0.15) is 11.9 Å². The van der Waals surface area contributed by atoms with E-state index in [2.05, 4.69) is 10.3 Å². The van der Waals surface area contributed by atoms with Gasteiger partial charge in [-0.1, -0.05) is 37.3 Å². The van der Waals surface area contributed by atoms with Crippen LogP contribution in [-0.4, -0.2) is 43.1 Å². The lowest BCUT2D eigenvalue weighted by Gasteiger charge is -2.20. The summed E-state index contributed by atoms with van der Waals surface area (Å²) in [5.41, 5.74) is 3.56. The molecule has 25 heavy (non-hydrogen) atoms. The van der Waals surface area contributed by atoms with E-state index in [0.29, 0.717) is 6.42 Å². The van der Waals surface area contributed by atoms with Crippen molar-refractivity contribution >= 4 is 11.5 Å². The smallest absolute Gasteiger partial charge is 0.157 e. The molecule has 1 aliphatic rings. The Morgan fingerprint density at radius 1 is 1.16 bits per heavy atom. The van der Waals surface area contributed by atoms with Crippen LogP contribution in [0.15, 0.2) is 42.6 Å². The van der Waals surface area contributed by atoms with E-state index in [1.807, 2.05) is 50.2 Å². The fourth-order valence-corrected chi connectivity index (χ4v) is 3.52. The van der Waals surface area contributed by atoms with Crippen molar-refractivity contribution in [3.05, 3.63) is 48.2 Å².